The van der Waals surface area contributed by atoms with E-state index in [2.05, 4.69) is 17.1 Å². The number of nitrogens with two attached hydrogens (primary N) is 1. The van der Waals surface area contributed by atoms with Gasteiger partial charge >= 0.3 is 0 Å². The van der Waals surface area contributed by atoms with Crippen LogP contribution in [0.1, 0.15) is 32.6 Å². The molecule has 16 heavy (non-hydrogen) atoms. The zero-order chi connectivity index (χ0) is 11.8. The first-order chi connectivity index (χ1) is 7.76. The van der Waals surface area contributed by atoms with Crippen molar-refractivity contribution in [1.82, 2.24) is 10.2 Å². The Morgan fingerprint density at radius 1 is 1.44 bits per heavy atom. The second-order valence-corrected chi connectivity index (χ2v) is 4.61. The SMILES string of the molecule is CCC(CN)CC(=O)NCCN1CCCC1. The van der Waals surface area contributed by atoms with Crippen LogP contribution in [0.3, 0.4) is 0 Å². The van der Waals surface area contributed by atoms with E-state index < -0.39 is 0 Å². The van der Waals surface area contributed by atoms with Crippen LogP contribution < -0.4 is 11.1 Å². The van der Waals surface area contributed by atoms with Gasteiger partial charge in [0.25, 0.3) is 0 Å². The van der Waals surface area contributed by atoms with Crippen molar-refractivity contribution in [2.75, 3.05) is 32.7 Å². The number of likely N-dealkylation sites (tertiary alicyclic amines) is 1. The van der Waals surface area contributed by atoms with E-state index >= 15 is 0 Å². The average molecular weight is 227 g/mol. The molecular formula is C12H25N3O. The van der Waals surface area contributed by atoms with Crippen LogP contribution in [0.4, 0.5) is 0 Å². The molecular weight excluding hydrogens is 202 g/mol. The van der Waals surface area contributed by atoms with E-state index in [4.69, 9.17) is 5.73 Å². The highest BCUT2D eigenvalue weighted by Crippen LogP contribution is 2.06. The van der Waals surface area contributed by atoms with Crippen LogP contribution in [0.15, 0.2) is 0 Å². The van der Waals surface area contributed by atoms with Crippen molar-refractivity contribution in [3.8, 4) is 0 Å². The molecule has 1 aliphatic rings. The summed E-state index contributed by atoms with van der Waals surface area (Å²) in [5.41, 5.74) is 5.57. The molecule has 4 heteroatoms. The molecule has 94 valence electrons. The molecule has 0 aliphatic carbocycles. The highest BCUT2D eigenvalue weighted by Gasteiger charge is 2.12. The number of hydrogen-bond donors (Lipinski definition) is 2. The molecule has 0 aromatic heterocycles. The molecule has 1 fully saturated rings. The van der Waals surface area contributed by atoms with Crippen molar-refractivity contribution >= 4 is 5.91 Å². The van der Waals surface area contributed by atoms with E-state index in [0.29, 0.717) is 18.9 Å². The van der Waals surface area contributed by atoms with E-state index in [1.807, 2.05) is 0 Å². The number of nitrogens with zero attached hydrogens (tertiary/aromatic N) is 1. The maximum atomic E-state index is 11.6. The normalized spacial score (nSPS) is 18.6. The molecule has 0 radical (unpaired) electrons. The van der Waals surface area contributed by atoms with E-state index in [9.17, 15) is 4.79 Å². The van der Waals surface area contributed by atoms with Crippen LogP contribution in [0.2, 0.25) is 0 Å². The van der Waals surface area contributed by atoms with Crippen LogP contribution >= 0.6 is 0 Å². The first kappa shape index (κ1) is 13.5. The first-order valence-electron chi connectivity index (χ1n) is 6.45. The van der Waals surface area contributed by atoms with E-state index in [-0.39, 0.29) is 5.91 Å². The molecule has 1 heterocycles. The Hall–Kier alpha value is -0.610. The van der Waals surface area contributed by atoms with Gasteiger partial charge in [-0.3, -0.25) is 4.79 Å². The van der Waals surface area contributed by atoms with Gasteiger partial charge in [0.05, 0.1) is 0 Å². The number of carbonyl (C=O) groups is 1. The molecule has 0 bridgehead atoms. The lowest BCUT2D eigenvalue weighted by Gasteiger charge is -2.16. The summed E-state index contributed by atoms with van der Waals surface area (Å²) in [4.78, 5) is 14.0. The predicted molar refractivity (Wildman–Crippen MR) is 66.1 cm³/mol. The minimum Gasteiger partial charge on any atom is -0.355 e. The first-order valence-corrected chi connectivity index (χ1v) is 6.45. The summed E-state index contributed by atoms with van der Waals surface area (Å²) in [5, 5.41) is 2.97. The van der Waals surface area contributed by atoms with Crippen LogP contribution in [0.25, 0.3) is 0 Å². The maximum absolute atomic E-state index is 11.6. The highest BCUT2D eigenvalue weighted by atomic mass is 16.1. The average Bonchev–Trinajstić information content (AvgIpc) is 2.79. The van der Waals surface area contributed by atoms with E-state index in [1.54, 1.807) is 0 Å². The largest absolute Gasteiger partial charge is 0.355 e. The van der Waals surface area contributed by atoms with Gasteiger partial charge in [-0.1, -0.05) is 13.3 Å². The number of carbonyl (C=O) groups excluding carboxylic acids is 1. The molecule has 1 aliphatic heterocycles. The Labute approximate surface area is 98.6 Å². The number of rotatable bonds is 7. The van der Waals surface area contributed by atoms with Crippen LogP contribution in [-0.4, -0.2) is 43.5 Å². The molecule has 1 unspecified atom stereocenters. The molecule has 0 spiro atoms. The van der Waals surface area contributed by atoms with Gasteiger partial charge in [0.15, 0.2) is 0 Å². The third-order valence-electron chi connectivity index (χ3n) is 3.33. The third kappa shape index (κ3) is 4.94. The second-order valence-electron chi connectivity index (χ2n) is 4.61. The summed E-state index contributed by atoms with van der Waals surface area (Å²) in [6.45, 7) is 6.84. The van der Waals surface area contributed by atoms with Gasteiger partial charge in [-0.25, -0.2) is 0 Å². The summed E-state index contributed by atoms with van der Waals surface area (Å²) >= 11 is 0. The topological polar surface area (TPSA) is 58.4 Å². The van der Waals surface area contributed by atoms with Crippen LogP contribution in [0.5, 0.6) is 0 Å². The zero-order valence-electron chi connectivity index (χ0n) is 10.4. The monoisotopic (exact) mass is 227 g/mol. The molecule has 1 saturated heterocycles. The summed E-state index contributed by atoms with van der Waals surface area (Å²) in [6.07, 6.45) is 4.17. The molecule has 3 N–H and O–H groups in total. The third-order valence-corrected chi connectivity index (χ3v) is 3.33. The minimum atomic E-state index is 0.150. The van der Waals surface area contributed by atoms with Gasteiger partial charge in [0.2, 0.25) is 5.91 Å². The number of hydrogen-bond acceptors (Lipinski definition) is 3. The van der Waals surface area contributed by atoms with Gasteiger partial charge in [0.1, 0.15) is 0 Å². The zero-order valence-corrected chi connectivity index (χ0v) is 10.4. The Morgan fingerprint density at radius 2 is 2.12 bits per heavy atom. The molecule has 0 aromatic carbocycles. The fourth-order valence-electron chi connectivity index (χ4n) is 2.09. The van der Waals surface area contributed by atoms with Crippen molar-refractivity contribution < 1.29 is 4.79 Å². The fourth-order valence-corrected chi connectivity index (χ4v) is 2.09. The molecule has 0 saturated carbocycles. The maximum Gasteiger partial charge on any atom is 0.220 e. The lowest BCUT2D eigenvalue weighted by molar-refractivity contribution is -0.122. The Morgan fingerprint density at radius 3 is 2.69 bits per heavy atom. The van der Waals surface area contributed by atoms with Crippen molar-refractivity contribution in [2.45, 2.75) is 32.6 Å². The second kappa shape index (κ2) is 7.63. The van der Waals surface area contributed by atoms with Crippen LogP contribution in [-0.2, 0) is 4.79 Å². The van der Waals surface area contributed by atoms with Gasteiger partial charge < -0.3 is 16.0 Å². The number of amides is 1. The van der Waals surface area contributed by atoms with Gasteiger partial charge in [-0.15, -0.1) is 0 Å². The molecule has 1 amide bonds. The molecule has 1 rings (SSSR count). The summed E-state index contributed by atoms with van der Waals surface area (Å²) < 4.78 is 0. The fraction of sp³-hybridized carbons (Fsp3) is 0.917. The van der Waals surface area contributed by atoms with Crippen molar-refractivity contribution in [2.24, 2.45) is 11.7 Å². The van der Waals surface area contributed by atoms with Crippen molar-refractivity contribution in [1.29, 1.82) is 0 Å². The smallest absolute Gasteiger partial charge is 0.220 e. The quantitative estimate of drug-likeness (QED) is 0.668. The lowest BCUT2D eigenvalue weighted by atomic mass is 10.0. The standard InChI is InChI=1S/C12H25N3O/c1-2-11(10-13)9-12(16)14-5-8-15-6-3-4-7-15/h11H,2-10,13H2,1H3,(H,14,16). The molecule has 1 atom stereocenters. The Balaban J connectivity index is 2.05. The van der Waals surface area contributed by atoms with E-state index in [1.165, 1.54) is 25.9 Å². The minimum absolute atomic E-state index is 0.150. The van der Waals surface area contributed by atoms with Gasteiger partial charge in [-0.2, -0.15) is 0 Å². The Bertz CT molecular complexity index is 198. The van der Waals surface area contributed by atoms with E-state index in [0.717, 1.165) is 19.5 Å². The lowest BCUT2D eigenvalue weighted by Crippen LogP contribution is -2.34. The highest BCUT2D eigenvalue weighted by molar-refractivity contribution is 5.76. The van der Waals surface area contributed by atoms with Crippen LogP contribution in [0, 0.1) is 5.92 Å². The summed E-state index contributed by atoms with van der Waals surface area (Å²) in [5.74, 6) is 0.489. The van der Waals surface area contributed by atoms with Crippen molar-refractivity contribution in [3.63, 3.8) is 0 Å². The number of nitrogens with one attached hydrogen (secondary N) is 1. The summed E-state index contributed by atoms with van der Waals surface area (Å²) in [7, 11) is 0. The molecule has 0 aromatic rings. The molecule has 4 nitrogen and oxygen atoms in total. The Kier molecular flexibility index (Phi) is 6.42. The predicted octanol–water partition coefficient (Wildman–Crippen LogP) is 0.573. The van der Waals surface area contributed by atoms with Crippen molar-refractivity contribution in [3.05, 3.63) is 0 Å². The van der Waals surface area contributed by atoms with Gasteiger partial charge in [0, 0.05) is 19.5 Å². The summed E-state index contributed by atoms with van der Waals surface area (Å²) in [6, 6.07) is 0. The van der Waals surface area contributed by atoms with Gasteiger partial charge in [-0.05, 0) is 38.4 Å².